The monoisotopic (exact) mass is 397 g/mol. The molecule has 0 fully saturated rings. The van der Waals surface area contributed by atoms with Crippen LogP contribution in [-0.2, 0) is 6.54 Å². The third-order valence-corrected chi connectivity index (χ3v) is 4.55. The summed E-state index contributed by atoms with van der Waals surface area (Å²) in [4.78, 5) is 35.8. The molecule has 0 aliphatic heterocycles. The number of unbranched alkanes of at least 4 members (excludes halogenated alkanes) is 1. The number of aromatic hydroxyl groups is 2. The van der Waals surface area contributed by atoms with Crippen molar-refractivity contribution in [3.05, 3.63) is 68.5 Å². The SMILES string of the molecule is CCCCn1c(=O)c(C(=O)Nc2ccc([N+](=O)[O-])cc2O)c(O)c2ccccc21. The van der Waals surface area contributed by atoms with Crippen molar-refractivity contribution in [3.63, 3.8) is 0 Å². The van der Waals surface area contributed by atoms with Crippen LogP contribution in [0.2, 0.25) is 0 Å². The molecule has 0 radical (unpaired) electrons. The number of carbonyl (C=O) groups is 1. The standard InChI is InChI=1S/C20H19N3O6/c1-2-3-10-22-15-7-5-4-6-13(15)18(25)17(20(22)27)19(26)21-14-9-8-12(23(28)29)11-16(14)24/h4-9,11,24-25H,2-3,10H2,1H3,(H,21,26). The summed E-state index contributed by atoms with van der Waals surface area (Å²) in [5, 5.41) is 34.0. The normalized spacial score (nSPS) is 10.8. The van der Waals surface area contributed by atoms with Crippen LogP contribution in [0.3, 0.4) is 0 Å². The minimum atomic E-state index is -0.923. The molecule has 3 N–H and O–H groups in total. The number of phenols is 1. The molecule has 0 bridgehead atoms. The van der Waals surface area contributed by atoms with Gasteiger partial charge in [0.25, 0.3) is 17.2 Å². The molecule has 29 heavy (non-hydrogen) atoms. The predicted octanol–water partition coefficient (Wildman–Crippen LogP) is 3.37. The number of non-ortho nitro benzene ring substituents is 1. The van der Waals surface area contributed by atoms with Crippen molar-refractivity contribution in [2.24, 2.45) is 0 Å². The maximum Gasteiger partial charge on any atom is 0.273 e. The van der Waals surface area contributed by atoms with Gasteiger partial charge in [-0.1, -0.05) is 25.5 Å². The van der Waals surface area contributed by atoms with E-state index in [2.05, 4.69) is 5.32 Å². The second kappa shape index (κ2) is 8.01. The Balaban J connectivity index is 2.08. The molecule has 0 aliphatic carbocycles. The van der Waals surface area contributed by atoms with Crippen molar-refractivity contribution >= 4 is 28.2 Å². The third kappa shape index (κ3) is 3.75. The summed E-state index contributed by atoms with van der Waals surface area (Å²) < 4.78 is 1.43. The number of para-hydroxylation sites is 1. The fraction of sp³-hybridized carbons (Fsp3) is 0.200. The highest BCUT2D eigenvalue weighted by molar-refractivity contribution is 6.09. The molecule has 2 aromatic carbocycles. The van der Waals surface area contributed by atoms with E-state index < -0.39 is 33.5 Å². The smallest absolute Gasteiger partial charge is 0.273 e. The maximum atomic E-state index is 13.0. The number of nitrogens with one attached hydrogen (secondary N) is 1. The first-order valence-corrected chi connectivity index (χ1v) is 8.98. The number of hydrogen-bond donors (Lipinski definition) is 3. The van der Waals surface area contributed by atoms with Crippen molar-refractivity contribution in [1.82, 2.24) is 4.57 Å². The highest BCUT2D eigenvalue weighted by Gasteiger charge is 2.23. The van der Waals surface area contributed by atoms with Crippen LogP contribution >= 0.6 is 0 Å². The zero-order valence-electron chi connectivity index (χ0n) is 15.6. The van der Waals surface area contributed by atoms with Crippen molar-refractivity contribution in [2.75, 3.05) is 5.32 Å². The van der Waals surface area contributed by atoms with Crippen LogP contribution in [0.1, 0.15) is 30.1 Å². The summed E-state index contributed by atoms with van der Waals surface area (Å²) in [5.74, 6) is -1.91. The molecule has 0 aliphatic rings. The lowest BCUT2D eigenvalue weighted by atomic mass is 10.1. The van der Waals surface area contributed by atoms with Gasteiger partial charge in [-0.05, 0) is 24.6 Å². The number of aromatic nitrogens is 1. The summed E-state index contributed by atoms with van der Waals surface area (Å²) in [5.41, 5.74) is -1.08. The summed E-state index contributed by atoms with van der Waals surface area (Å²) in [7, 11) is 0. The van der Waals surface area contributed by atoms with Crippen molar-refractivity contribution < 1.29 is 19.9 Å². The molecular formula is C20H19N3O6. The number of rotatable bonds is 6. The van der Waals surface area contributed by atoms with Gasteiger partial charge in [0, 0.05) is 18.0 Å². The Kier molecular flexibility index (Phi) is 5.49. The van der Waals surface area contributed by atoms with E-state index in [1.807, 2.05) is 6.92 Å². The third-order valence-electron chi connectivity index (χ3n) is 4.55. The van der Waals surface area contributed by atoms with Crippen LogP contribution in [0.15, 0.2) is 47.3 Å². The zero-order valence-corrected chi connectivity index (χ0v) is 15.6. The fourth-order valence-corrected chi connectivity index (χ4v) is 3.06. The summed E-state index contributed by atoms with van der Waals surface area (Å²) in [6.07, 6.45) is 1.54. The first-order chi connectivity index (χ1) is 13.8. The minimum Gasteiger partial charge on any atom is -0.506 e. The first-order valence-electron chi connectivity index (χ1n) is 8.98. The van der Waals surface area contributed by atoms with Crippen LogP contribution in [0, 0.1) is 10.1 Å². The van der Waals surface area contributed by atoms with Gasteiger partial charge in [-0.25, -0.2) is 0 Å². The Morgan fingerprint density at radius 2 is 1.93 bits per heavy atom. The van der Waals surface area contributed by atoms with E-state index in [4.69, 9.17) is 0 Å². The van der Waals surface area contributed by atoms with Crippen molar-refractivity contribution in [2.45, 2.75) is 26.3 Å². The molecule has 9 heteroatoms. The van der Waals surface area contributed by atoms with Gasteiger partial charge in [0.15, 0.2) is 0 Å². The van der Waals surface area contributed by atoms with Gasteiger partial charge in [-0.15, -0.1) is 0 Å². The van der Waals surface area contributed by atoms with Crippen molar-refractivity contribution in [1.29, 1.82) is 0 Å². The maximum absolute atomic E-state index is 13.0. The summed E-state index contributed by atoms with van der Waals surface area (Å²) >= 11 is 0. The van der Waals surface area contributed by atoms with Gasteiger partial charge in [0.1, 0.15) is 17.1 Å². The van der Waals surface area contributed by atoms with Crippen LogP contribution in [0.5, 0.6) is 11.5 Å². The molecule has 3 rings (SSSR count). The summed E-state index contributed by atoms with van der Waals surface area (Å²) in [6, 6.07) is 9.85. The average molecular weight is 397 g/mol. The van der Waals surface area contributed by atoms with E-state index >= 15 is 0 Å². The van der Waals surface area contributed by atoms with E-state index in [1.165, 1.54) is 4.57 Å². The van der Waals surface area contributed by atoms with E-state index in [-0.39, 0.29) is 11.4 Å². The topological polar surface area (TPSA) is 135 Å². The van der Waals surface area contributed by atoms with E-state index in [1.54, 1.807) is 24.3 Å². The second-order valence-corrected chi connectivity index (χ2v) is 6.46. The van der Waals surface area contributed by atoms with E-state index in [0.29, 0.717) is 23.9 Å². The molecule has 0 unspecified atom stereocenters. The molecule has 1 aromatic heterocycles. The molecule has 0 saturated carbocycles. The van der Waals surface area contributed by atoms with Gasteiger partial charge in [-0.2, -0.15) is 0 Å². The lowest BCUT2D eigenvalue weighted by Crippen LogP contribution is -2.30. The van der Waals surface area contributed by atoms with Crippen LogP contribution in [0.4, 0.5) is 11.4 Å². The number of nitrogens with zero attached hydrogens (tertiary/aromatic N) is 2. The fourth-order valence-electron chi connectivity index (χ4n) is 3.06. The van der Waals surface area contributed by atoms with E-state index in [0.717, 1.165) is 24.6 Å². The number of nitro benzene ring substituents is 1. The van der Waals surface area contributed by atoms with Gasteiger partial charge < -0.3 is 20.1 Å². The Bertz CT molecular complexity index is 1170. The highest BCUT2D eigenvalue weighted by atomic mass is 16.6. The van der Waals surface area contributed by atoms with Gasteiger partial charge in [-0.3, -0.25) is 19.7 Å². The van der Waals surface area contributed by atoms with Crippen LogP contribution in [-0.4, -0.2) is 25.6 Å². The number of phenolic OH excluding ortho intramolecular Hbond substituents is 1. The second-order valence-electron chi connectivity index (χ2n) is 6.46. The Morgan fingerprint density at radius 3 is 2.59 bits per heavy atom. The number of pyridine rings is 1. The van der Waals surface area contributed by atoms with Gasteiger partial charge in [0.2, 0.25) is 0 Å². The number of aryl methyl sites for hydroxylation is 1. The largest absolute Gasteiger partial charge is 0.506 e. The van der Waals surface area contributed by atoms with Crippen molar-refractivity contribution in [3.8, 4) is 11.5 Å². The number of nitro groups is 1. The van der Waals surface area contributed by atoms with Crippen LogP contribution in [0.25, 0.3) is 10.9 Å². The quantitative estimate of drug-likeness (QED) is 0.332. The number of fused-ring (bicyclic) bond motifs is 1. The number of hydrogen-bond acceptors (Lipinski definition) is 6. The molecule has 9 nitrogen and oxygen atoms in total. The molecule has 150 valence electrons. The van der Waals surface area contributed by atoms with Crippen LogP contribution < -0.4 is 10.9 Å². The summed E-state index contributed by atoms with van der Waals surface area (Å²) in [6.45, 7) is 2.35. The number of anilines is 1. The Morgan fingerprint density at radius 1 is 1.21 bits per heavy atom. The lowest BCUT2D eigenvalue weighted by Gasteiger charge is -2.15. The molecule has 3 aromatic rings. The van der Waals surface area contributed by atoms with Gasteiger partial charge in [0.05, 0.1) is 22.2 Å². The minimum absolute atomic E-state index is 0.118. The predicted molar refractivity (Wildman–Crippen MR) is 107 cm³/mol. The highest BCUT2D eigenvalue weighted by Crippen LogP contribution is 2.30. The zero-order chi connectivity index (χ0) is 21.1. The molecule has 0 saturated heterocycles. The van der Waals surface area contributed by atoms with E-state index in [9.17, 15) is 29.9 Å². The number of amides is 1. The lowest BCUT2D eigenvalue weighted by molar-refractivity contribution is -0.384. The molecule has 0 spiro atoms. The Hall–Kier alpha value is -3.88. The molecule has 1 amide bonds. The molecular weight excluding hydrogens is 378 g/mol. The number of carbonyl (C=O) groups excluding carboxylic acids is 1. The Labute approximate surface area is 165 Å². The number of benzene rings is 2. The average Bonchev–Trinajstić information content (AvgIpc) is 2.69. The van der Waals surface area contributed by atoms with Gasteiger partial charge >= 0.3 is 0 Å². The molecule has 1 heterocycles. The first kappa shape index (κ1) is 19.9. The molecule has 0 atom stereocenters.